The molecule has 0 aromatic carbocycles. The summed E-state index contributed by atoms with van der Waals surface area (Å²) in [7, 11) is -3.62. The SMILES string of the molecule is NS(=O)(=O)[C@@H]1CCCCC1=O. The molecular weight excluding hydrogens is 166 g/mol. The van der Waals surface area contributed by atoms with Crippen LogP contribution >= 0.6 is 0 Å². The van der Waals surface area contributed by atoms with Crippen molar-refractivity contribution in [2.45, 2.75) is 30.9 Å². The summed E-state index contributed by atoms with van der Waals surface area (Å²) in [5.41, 5.74) is 0. The van der Waals surface area contributed by atoms with Gasteiger partial charge < -0.3 is 0 Å². The Morgan fingerprint density at radius 2 is 2.00 bits per heavy atom. The average molecular weight is 177 g/mol. The van der Waals surface area contributed by atoms with Crippen LogP contribution in [-0.4, -0.2) is 19.5 Å². The maximum Gasteiger partial charge on any atom is 0.219 e. The van der Waals surface area contributed by atoms with Crippen molar-refractivity contribution in [1.29, 1.82) is 0 Å². The molecule has 0 unspecified atom stereocenters. The lowest BCUT2D eigenvalue weighted by Gasteiger charge is -2.17. The van der Waals surface area contributed by atoms with E-state index in [9.17, 15) is 13.2 Å². The normalized spacial score (nSPS) is 27.0. The molecule has 1 saturated carbocycles. The highest BCUT2D eigenvalue weighted by Crippen LogP contribution is 2.18. The van der Waals surface area contributed by atoms with Crippen molar-refractivity contribution in [3.63, 3.8) is 0 Å². The van der Waals surface area contributed by atoms with Crippen LogP contribution in [0.1, 0.15) is 25.7 Å². The van der Waals surface area contributed by atoms with Crippen LogP contribution in [0.2, 0.25) is 0 Å². The fourth-order valence-electron chi connectivity index (χ4n) is 1.30. The molecule has 1 aliphatic carbocycles. The van der Waals surface area contributed by atoms with E-state index in [1.165, 1.54) is 0 Å². The minimum absolute atomic E-state index is 0.223. The Morgan fingerprint density at radius 3 is 2.36 bits per heavy atom. The number of carbonyl (C=O) groups is 1. The Bertz CT molecular complexity index is 257. The summed E-state index contributed by atoms with van der Waals surface area (Å²) in [6, 6.07) is 0. The molecule has 4 nitrogen and oxygen atoms in total. The van der Waals surface area contributed by atoms with Crippen LogP contribution in [0.3, 0.4) is 0 Å². The number of hydrogen-bond donors (Lipinski definition) is 1. The Morgan fingerprint density at radius 1 is 1.36 bits per heavy atom. The predicted molar refractivity (Wildman–Crippen MR) is 40.4 cm³/mol. The highest BCUT2D eigenvalue weighted by molar-refractivity contribution is 7.90. The van der Waals surface area contributed by atoms with Crippen LogP contribution in [0.5, 0.6) is 0 Å². The van der Waals surface area contributed by atoms with E-state index in [-0.39, 0.29) is 5.78 Å². The van der Waals surface area contributed by atoms with Gasteiger partial charge in [0.05, 0.1) is 0 Å². The molecular formula is C6H11NO3S. The van der Waals surface area contributed by atoms with E-state index in [2.05, 4.69) is 0 Å². The van der Waals surface area contributed by atoms with E-state index in [0.717, 1.165) is 12.8 Å². The minimum Gasteiger partial charge on any atom is -0.298 e. The van der Waals surface area contributed by atoms with E-state index in [1.54, 1.807) is 0 Å². The fraction of sp³-hybridized carbons (Fsp3) is 0.833. The summed E-state index contributed by atoms with van der Waals surface area (Å²) >= 11 is 0. The molecule has 0 aromatic rings. The lowest BCUT2D eigenvalue weighted by molar-refractivity contribution is -0.119. The van der Waals surface area contributed by atoms with Gasteiger partial charge in [0.1, 0.15) is 5.25 Å². The first-order chi connectivity index (χ1) is 5.02. The molecule has 11 heavy (non-hydrogen) atoms. The molecule has 1 rings (SSSR count). The zero-order valence-corrected chi connectivity index (χ0v) is 6.93. The second-order valence-electron chi connectivity index (χ2n) is 2.79. The third-order valence-electron chi connectivity index (χ3n) is 1.90. The zero-order valence-electron chi connectivity index (χ0n) is 6.12. The first-order valence-electron chi connectivity index (χ1n) is 3.56. The lowest BCUT2D eigenvalue weighted by atomic mass is 9.99. The van der Waals surface area contributed by atoms with E-state index in [1.807, 2.05) is 0 Å². The molecule has 1 aliphatic rings. The van der Waals surface area contributed by atoms with Gasteiger partial charge in [0.25, 0.3) is 0 Å². The van der Waals surface area contributed by atoms with Gasteiger partial charge in [-0.05, 0) is 12.8 Å². The van der Waals surface area contributed by atoms with E-state index in [4.69, 9.17) is 5.14 Å². The van der Waals surface area contributed by atoms with E-state index < -0.39 is 15.3 Å². The van der Waals surface area contributed by atoms with Gasteiger partial charge in [0.15, 0.2) is 5.78 Å². The van der Waals surface area contributed by atoms with Crippen LogP contribution in [0.25, 0.3) is 0 Å². The Balaban J connectivity index is 2.78. The van der Waals surface area contributed by atoms with Crippen molar-refractivity contribution in [2.75, 3.05) is 0 Å². The largest absolute Gasteiger partial charge is 0.298 e. The van der Waals surface area contributed by atoms with Gasteiger partial charge in [-0.15, -0.1) is 0 Å². The number of rotatable bonds is 1. The molecule has 1 fully saturated rings. The molecule has 0 bridgehead atoms. The minimum atomic E-state index is -3.62. The number of Topliss-reactive ketones (excluding diaryl/α,β-unsaturated/α-hetero) is 1. The van der Waals surface area contributed by atoms with Crippen molar-refractivity contribution in [3.05, 3.63) is 0 Å². The molecule has 0 aliphatic heterocycles. The first-order valence-corrected chi connectivity index (χ1v) is 5.17. The summed E-state index contributed by atoms with van der Waals surface area (Å²) in [6.45, 7) is 0. The quantitative estimate of drug-likeness (QED) is 0.601. The molecule has 0 radical (unpaired) electrons. The summed E-state index contributed by atoms with van der Waals surface area (Å²) in [6.07, 6.45) is 2.34. The van der Waals surface area contributed by atoms with Gasteiger partial charge in [0.2, 0.25) is 10.0 Å². The maximum atomic E-state index is 11.0. The van der Waals surface area contributed by atoms with Crippen molar-refractivity contribution >= 4 is 15.8 Å². The predicted octanol–water partition coefficient (Wildman–Crippen LogP) is -0.213. The number of carbonyl (C=O) groups excluding carboxylic acids is 1. The second kappa shape index (κ2) is 2.91. The maximum absolute atomic E-state index is 11.0. The van der Waals surface area contributed by atoms with E-state index in [0.29, 0.717) is 12.8 Å². The number of ketones is 1. The van der Waals surface area contributed by atoms with E-state index >= 15 is 0 Å². The van der Waals surface area contributed by atoms with Crippen LogP contribution in [0.4, 0.5) is 0 Å². The Hall–Kier alpha value is -0.420. The average Bonchev–Trinajstić information content (AvgIpc) is 1.86. The number of primary sulfonamides is 1. The highest BCUT2D eigenvalue weighted by Gasteiger charge is 2.31. The molecule has 2 N–H and O–H groups in total. The van der Waals surface area contributed by atoms with Crippen molar-refractivity contribution in [3.8, 4) is 0 Å². The fourth-order valence-corrected chi connectivity index (χ4v) is 2.28. The van der Waals surface area contributed by atoms with Crippen molar-refractivity contribution in [1.82, 2.24) is 0 Å². The van der Waals surface area contributed by atoms with Crippen molar-refractivity contribution < 1.29 is 13.2 Å². The molecule has 64 valence electrons. The van der Waals surface area contributed by atoms with Crippen LogP contribution < -0.4 is 5.14 Å². The van der Waals surface area contributed by atoms with Gasteiger partial charge in [-0.25, -0.2) is 13.6 Å². The summed E-state index contributed by atoms with van der Waals surface area (Å²) in [4.78, 5) is 11.0. The molecule has 1 atom stereocenters. The Kier molecular flexibility index (Phi) is 2.29. The Labute approximate surface area is 65.8 Å². The molecule has 0 saturated heterocycles. The standard InChI is InChI=1S/C6H11NO3S/c7-11(9,10)6-4-2-1-3-5(6)8/h6H,1-4H2,(H2,7,9,10)/t6-/m1/s1. The topological polar surface area (TPSA) is 77.2 Å². The van der Waals surface area contributed by atoms with Crippen LogP contribution in [0, 0.1) is 0 Å². The lowest BCUT2D eigenvalue weighted by Crippen LogP contribution is -2.37. The van der Waals surface area contributed by atoms with Crippen molar-refractivity contribution in [2.24, 2.45) is 5.14 Å². The van der Waals surface area contributed by atoms with Crippen LogP contribution in [0.15, 0.2) is 0 Å². The number of hydrogen-bond acceptors (Lipinski definition) is 3. The smallest absolute Gasteiger partial charge is 0.219 e. The molecule has 0 aromatic heterocycles. The number of nitrogens with two attached hydrogens (primary N) is 1. The molecule has 0 heterocycles. The third kappa shape index (κ3) is 2.00. The van der Waals surface area contributed by atoms with Gasteiger partial charge in [-0.1, -0.05) is 6.42 Å². The summed E-state index contributed by atoms with van der Waals surface area (Å²) < 4.78 is 21.5. The summed E-state index contributed by atoms with van der Waals surface area (Å²) in [5, 5.41) is 3.93. The molecule has 0 spiro atoms. The molecule has 5 heteroatoms. The van der Waals surface area contributed by atoms with Crippen LogP contribution in [-0.2, 0) is 14.8 Å². The summed E-state index contributed by atoms with van der Waals surface area (Å²) in [5.74, 6) is -0.223. The monoisotopic (exact) mass is 177 g/mol. The van der Waals surface area contributed by atoms with Gasteiger partial charge >= 0.3 is 0 Å². The van der Waals surface area contributed by atoms with Gasteiger partial charge in [-0.2, -0.15) is 0 Å². The number of sulfonamides is 1. The molecule has 0 amide bonds. The third-order valence-corrected chi connectivity index (χ3v) is 3.19. The first kappa shape index (κ1) is 8.67. The van der Waals surface area contributed by atoms with Gasteiger partial charge in [0, 0.05) is 6.42 Å². The zero-order chi connectivity index (χ0) is 8.48. The highest BCUT2D eigenvalue weighted by atomic mass is 32.2. The second-order valence-corrected chi connectivity index (χ2v) is 4.54. The van der Waals surface area contributed by atoms with Gasteiger partial charge in [-0.3, -0.25) is 4.79 Å².